The molecule has 3 heterocycles. The van der Waals surface area contributed by atoms with E-state index < -0.39 is 0 Å². The molecule has 4 rings (SSSR count). The van der Waals surface area contributed by atoms with Gasteiger partial charge in [0, 0.05) is 24.2 Å². The van der Waals surface area contributed by atoms with Crippen molar-refractivity contribution in [1.82, 2.24) is 9.88 Å². The fraction of sp³-hybridized carbons (Fsp3) is 0.389. The zero-order valence-corrected chi connectivity index (χ0v) is 13.6. The Morgan fingerprint density at radius 2 is 1.73 bits per heavy atom. The summed E-state index contributed by atoms with van der Waals surface area (Å²) in [7, 11) is 0. The van der Waals surface area contributed by atoms with Crippen molar-refractivity contribution < 1.29 is 0 Å². The van der Waals surface area contributed by atoms with Crippen molar-refractivity contribution in [3.63, 3.8) is 0 Å². The van der Waals surface area contributed by atoms with E-state index in [0.29, 0.717) is 0 Å². The number of pyridine rings is 1. The van der Waals surface area contributed by atoms with Gasteiger partial charge >= 0.3 is 0 Å². The van der Waals surface area contributed by atoms with E-state index in [0.717, 1.165) is 18.9 Å². The Morgan fingerprint density at radius 1 is 0.909 bits per heavy atom. The molecule has 2 aliphatic rings. The van der Waals surface area contributed by atoms with Crippen LogP contribution in [0.3, 0.4) is 0 Å². The van der Waals surface area contributed by atoms with Gasteiger partial charge in [-0.3, -0.25) is 0 Å². The zero-order valence-electron chi connectivity index (χ0n) is 12.7. The van der Waals surface area contributed by atoms with Gasteiger partial charge in [0.15, 0.2) is 0 Å². The highest BCUT2D eigenvalue weighted by Gasteiger charge is 2.24. The average Bonchev–Trinajstić information content (AvgIpc) is 2.59. The fourth-order valence-corrected chi connectivity index (χ4v) is 4.38. The van der Waals surface area contributed by atoms with E-state index in [9.17, 15) is 0 Å². The highest BCUT2D eigenvalue weighted by Crippen LogP contribution is 2.46. The topological polar surface area (TPSA) is 19.4 Å². The van der Waals surface area contributed by atoms with Crippen molar-refractivity contribution in [1.29, 1.82) is 0 Å². The molecule has 4 heteroatoms. The van der Waals surface area contributed by atoms with E-state index in [2.05, 4.69) is 45.1 Å². The third kappa shape index (κ3) is 2.73. The van der Waals surface area contributed by atoms with Crippen molar-refractivity contribution >= 4 is 23.3 Å². The molecule has 0 bridgehead atoms. The minimum Gasteiger partial charge on any atom is -0.323 e. The Morgan fingerprint density at radius 3 is 2.64 bits per heavy atom. The summed E-state index contributed by atoms with van der Waals surface area (Å²) in [6.07, 6.45) is 5.99. The summed E-state index contributed by atoms with van der Waals surface area (Å²) in [5, 5.41) is 0. The van der Waals surface area contributed by atoms with Crippen LogP contribution in [0.2, 0.25) is 0 Å². The molecule has 0 spiro atoms. The molecule has 0 unspecified atom stereocenters. The van der Waals surface area contributed by atoms with Crippen LogP contribution in [0, 0.1) is 0 Å². The third-order valence-corrected chi connectivity index (χ3v) is 5.57. The second-order valence-corrected chi connectivity index (χ2v) is 7.03. The van der Waals surface area contributed by atoms with E-state index in [1.54, 1.807) is 0 Å². The monoisotopic (exact) mass is 311 g/mol. The second kappa shape index (κ2) is 6.31. The molecule has 1 saturated heterocycles. The van der Waals surface area contributed by atoms with Crippen LogP contribution in [0.5, 0.6) is 0 Å². The van der Waals surface area contributed by atoms with Gasteiger partial charge < -0.3 is 9.80 Å². The number of likely N-dealkylation sites (tertiary alicyclic amines) is 1. The first-order valence-electron chi connectivity index (χ1n) is 8.13. The van der Waals surface area contributed by atoms with E-state index >= 15 is 0 Å². The Bertz CT molecular complexity index is 607. The molecule has 0 amide bonds. The van der Waals surface area contributed by atoms with E-state index in [1.807, 2.05) is 24.0 Å². The first kappa shape index (κ1) is 14.1. The molecular weight excluding hydrogens is 290 g/mol. The van der Waals surface area contributed by atoms with Gasteiger partial charge in [-0.05, 0) is 50.2 Å². The normalized spacial score (nSPS) is 17.9. The lowest BCUT2D eigenvalue weighted by Gasteiger charge is -2.34. The van der Waals surface area contributed by atoms with Crippen LogP contribution in [0.1, 0.15) is 19.3 Å². The standard InChI is InChI=1S/C18H21N3S/c1-4-11-20(12-5-1)13-14-21-15-7-2-3-8-16(15)22-17-9-6-10-19-18(17)21/h2-3,6-10H,1,4-5,11-14H2. The van der Waals surface area contributed by atoms with Gasteiger partial charge in [0.25, 0.3) is 0 Å². The maximum absolute atomic E-state index is 4.65. The average molecular weight is 311 g/mol. The van der Waals surface area contributed by atoms with Gasteiger partial charge in [0.2, 0.25) is 0 Å². The van der Waals surface area contributed by atoms with E-state index in [-0.39, 0.29) is 0 Å². The number of fused-ring (bicyclic) bond motifs is 2. The van der Waals surface area contributed by atoms with Crippen LogP contribution in [-0.4, -0.2) is 36.1 Å². The number of aromatic nitrogens is 1. The predicted octanol–water partition coefficient (Wildman–Crippen LogP) is 4.17. The van der Waals surface area contributed by atoms with Crippen molar-refractivity contribution in [2.45, 2.75) is 29.1 Å². The minimum atomic E-state index is 1.02. The van der Waals surface area contributed by atoms with Crippen LogP contribution in [-0.2, 0) is 0 Å². The van der Waals surface area contributed by atoms with Gasteiger partial charge in [-0.1, -0.05) is 30.3 Å². The smallest absolute Gasteiger partial charge is 0.147 e. The Kier molecular flexibility index (Phi) is 4.04. The van der Waals surface area contributed by atoms with E-state index in [4.69, 9.17) is 0 Å². The van der Waals surface area contributed by atoms with Gasteiger partial charge in [-0.2, -0.15) is 0 Å². The van der Waals surface area contributed by atoms with Crippen LogP contribution in [0.25, 0.3) is 0 Å². The molecule has 22 heavy (non-hydrogen) atoms. The lowest BCUT2D eigenvalue weighted by atomic mass is 10.1. The summed E-state index contributed by atoms with van der Waals surface area (Å²) in [5.74, 6) is 1.11. The van der Waals surface area contributed by atoms with Gasteiger partial charge in [-0.25, -0.2) is 4.98 Å². The maximum atomic E-state index is 4.65. The van der Waals surface area contributed by atoms with Crippen LogP contribution in [0.4, 0.5) is 11.5 Å². The molecular formula is C18H21N3S. The number of nitrogens with zero attached hydrogens (tertiary/aromatic N) is 3. The Hall–Kier alpha value is -1.52. The molecule has 0 aliphatic carbocycles. The first-order valence-corrected chi connectivity index (χ1v) is 8.95. The summed E-state index contributed by atoms with van der Waals surface area (Å²) >= 11 is 1.83. The van der Waals surface area contributed by atoms with Gasteiger partial charge in [-0.15, -0.1) is 0 Å². The van der Waals surface area contributed by atoms with Crippen LogP contribution >= 0.6 is 11.8 Å². The van der Waals surface area contributed by atoms with Crippen LogP contribution in [0.15, 0.2) is 52.4 Å². The van der Waals surface area contributed by atoms with Crippen molar-refractivity contribution in [3.05, 3.63) is 42.6 Å². The number of para-hydroxylation sites is 1. The molecule has 3 nitrogen and oxygen atoms in total. The second-order valence-electron chi connectivity index (χ2n) is 5.95. The molecule has 1 aromatic carbocycles. The van der Waals surface area contributed by atoms with Crippen molar-refractivity contribution in [3.8, 4) is 0 Å². The molecule has 0 saturated carbocycles. The van der Waals surface area contributed by atoms with Crippen molar-refractivity contribution in [2.75, 3.05) is 31.1 Å². The third-order valence-electron chi connectivity index (χ3n) is 4.47. The number of rotatable bonds is 3. The number of anilines is 2. The molecule has 2 aromatic rings. The van der Waals surface area contributed by atoms with Gasteiger partial charge in [0.1, 0.15) is 5.82 Å². The maximum Gasteiger partial charge on any atom is 0.147 e. The largest absolute Gasteiger partial charge is 0.323 e. The summed E-state index contributed by atoms with van der Waals surface area (Å²) in [5.41, 5.74) is 1.30. The summed E-state index contributed by atoms with van der Waals surface area (Å²) in [6, 6.07) is 12.9. The Labute approximate surface area is 136 Å². The number of hydrogen-bond donors (Lipinski definition) is 0. The molecule has 0 radical (unpaired) electrons. The number of benzene rings is 1. The highest BCUT2D eigenvalue weighted by molar-refractivity contribution is 7.99. The summed E-state index contributed by atoms with van der Waals surface area (Å²) < 4.78 is 0. The lowest BCUT2D eigenvalue weighted by molar-refractivity contribution is 0.234. The fourth-order valence-electron chi connectivity index (χ4n) is 3.31. The first-order chi connectivity index (χ1) is 10.9. The molecule has 114 valence electrons. The number of hydrogen-bond acceptors (Lipinski definition) is 4. The van der Waals surface area contributed by atoms with Gasteiger partial charge in [0.05, 0.1) is 10.6 Å². The van der Waals surface area contributed by atoms with Crippen molar-refractivity contribution in [2.24, 2.45) is 0 Å². The summed E-state index contributed by atoms with van der Waals surface area (Å²) in [6.45, 7) is 4.63. The number of piperidine rings is 1. The summed E-state index contributed by atoms with van der Waals surface area (Å²) in [4.78, 5) is 12.2. The van der Waals surface area contributed by atoms with E-state index in [1.165, 1.54) is 47.8 Å². The molecule has 1 fully saturated rings. The zero-order chi connectivity index (χ0) is 14.8. The molecule has 0 atom stereocenters. The molecule has 1 aromatic heterocycles. The Balaban J connectivity index is 1.60. The molecule has 2 aliphatic heterocycles. The minimum absolute atomic E-state index is 1.02. The highest BCUT2D eigenvalue weighted by atomic mass is 32.2. The lowest BCUT2D eigenvalue weighted by Crippen LogP contribution is -2.37. The quantitative estimate of drug-likeness (QED) is 0.847. The predicted molar refractivity (Wildman–Crippen MR) is 92.1 cm³/mol. The van der Waals surface area contributed by atoms with Crippen LogP contribution < -0.4 is 4.90 Å². The SMILES string of the molecule is c1ccc2c(c1)Sc1cccnc1N2CCN1CCCCC1. The molecule has 0 N–H and O–H groups in total.